The zero-order valence-corrected chi connectivity index (χ0v) is 14.4. The zero-order valence-electron chi connectivity index (χ0n) is 13.6. The summed E-state index contributed by atoms with van der Waals surface area (Å²) in [5.74, 6) is 2.30. The van der Waals surface area contributed by atoms with Crippen molar-refractivity contribution in [2.75, 3.05) is 12.4 Å². The molecule has 1 aliphatic carbocycles. The zero-order chi connectivity index (χ0) is 16.2. The van der Waals surface area contributed by atoms with Gasteiger partial charge in [0, 0.05) is 11.8 Å². The van der Waals surface area contributed by atoms with Gasteiger partial charge in [-0.3, -0.25) is 0 Å². The Bertz CT molecular complexity index is 638. The van der Waals surface area contributed by atoms with Crippen molar-refractivity contribution < 1.29 is 9.84 Å². The van der Waals surface area contributed by atoms with Crippen molar-refractivity contribution in [3.63, 3.8) is 0 Å². The lowest BCUT2D eigenvalue weighted by Gasteiger charge is -2.13. The van der Waals surface area contributed by atoms with Gasteiger partial charge in [-0.2, -0.15) is 0 Å². The third-order valence-electron chi connectivity index (χ3n) is 3.93. The van der Waals surface area contributed by atoms with Crippen LogP contribution in [0.25, 0.3) is 0 Å². The molecule has 0 saturated heterocycles. The number of aliphatic hydroxyl groups excluding tert-OH is 1. The van der Waals surface area contributed by atoms with Crippen LogP contribution in [0.15, 0.2) is 29.4 Å². The van der Waals surface area contributed by atoms with Gasteiger partial charge >= 0.3 is 0 Å². The fraction of sp³-hybridized carbons (Fsp3) is 0.529. The van der Waals surface area contributed by atoms with Gasteiger partial charge in [0.25, 0.3) is 0 Å². The molecule has 1 aliphatic rings. The normalized spacial score (nSPS) is 15.6. The second-order valence-corrected chi connectivity index (χ2v) is 6.89. The van der Waals surface area contributed by atoms with Gasteiger partial charge in [0.2, 0.25) is 0 Å². The van der Waals surface area contributed by atoms with Gasteiger partial charge in [0.05, 0.1) is 6.10 Å². The van der Waals surface area contributed by atoms with Crippen LogP contribution in [0.5, 0.6) is 5.75 Å². The second-order valence-electron chi connectivity index (χ2n) is 5.90. The molecule has 6 heteroatoms. The molecule has 1 aromatic heterocycles. The van der Waals surface area contributed by atoms with E-state index in [2.05, 4.69) is 33.8 Å². The quantitative estimate of drug-likeness (QED) is 0.753. The Labute approximate surface area is 141 Å². The van der Waals surface area contributed by atoms with E-state index in [4.69, 9.17) is 4.74 Å². The van der Waals surface area contributed by atoms with Crippen molar-refractivity contribution >= 4 is 11.8 Å². The van der Waals surface area contributed by atoms with Crippen molar-refractivity contribution in [3.05, 3.63) is 35.7 Å². The highest BCUT2D eigenvalue weighted by atomic mass is 32.2. The minimum Gasteiger partial charge on any atom is -0.491 e. The first-order chi connectivity index (χ1) is 11.2. The van der Waals surface area contributed by atoms with Crippen LogP contribution in [0.2, 0.25) is 0 Å². The molecular weight excluding hydrogens is 310 g/mol. The van der Waals surface area contributed by atoms with E-state index in [0.29, 0.717) is 11.8 Å². The topological polar surface area (TPSA) is 60.2 Å². The average Bonchev–Trinajstić information content (AvgIpc) is 3.34. The van der Waals surface area contributed by atoms with Gasteiger partial charge in [0.1, 0.15) is 18.2 Å². The highest BCUT2D eigenvalue weighted by Crippen LogP contribution is 2.38. The minimum atomic E-state index is -0.532. The number of ether oxygens (including phenoxy) is 1. The molecule has 0 aliphatic heterocycles. The first kappa shape index (κ1) is 16.3. The number of aryl methyl sites for hydroxylation is 2. The summed E-state index contributed by atoms with van der Waals surface area (Å²) in [4.78, 5) is 0. The largest absolute Gasteiger partial charge is 0.491 e. The van der Waals surface area contributed by atoms with Crippen molar-refractivity contribution in [1.82, 2.24) is 14.8 Å². The smallest absolute Gasteiger partial charge is 0.191 e. The van der Waals surface area contributed by atoms with Crippen LogP contribution in [0.3, 0.4) is 0 Å². The monoisotopic (exact) mass is 333 g/mol. The summed E-state index contributed by atoms with van der Waals surface area (Å²) in [6, 6.07) is 8.56. The SMILES string of the molecule is CCc1ccc(OC[C@H](O)CSc2nnc(C)n2C2CC2)cc1. The average molecular weight is 333 g/mol. The third-order valence-corrected chi connectivity index (χ3v) is 5.01. The Hall–Kier alpha value is -1.53. The summed E-state index contributed by atoms with van der Waals surface area (Å²) in [5.41, 5.74) is 1.28. The number of aliphatic hydroxyl groups is 1. The molecule has 0 spiro atoms. The molecule has 1 N–H and O–H groups in total. The maximum Gasteiger partial charge on any atom is 0.191 e. The van der Waals surface area contributed by atoms with E-state index in [1.165, 1.54) is 18.4 Å². The molecule has 1 atom stereocenters. The maximum atomic E-state index is 10.1. The van der Waals surface area contributed by atoms with Crippen LogP contribution in [0, 0.1) is 6.92 Å². The molecule has 1 aromatic carbocycles. The van der Waals surface area contributed by atoms with Crippen LogP contribution in [0.1, 0.15) is 37.2 Å². The molecule has 0 unspecified atom stereocenters. The Kier molecular flexibility index (Phi) is 5.23. The number of thioether (sulfide) groups is 1. The molecular formula is C17H23N3O2S. The predicted octanol–water partition coefficient (Wildman–Crippen LogP) is 3.02. The van der Waals surface area contributed by atoms with E-state index in [9.17, 15) is 5.11 Å². The highest BCUT2D eigenvalue weighted by Gasteiger charge is 2.28. The van der Waals surface area contributed by atoms with E-state index in [-0.39, 0.29) is 6.61 Å². The van der Waals surface area contributed by atoms with Gasteiger partial charge in [-0.15, -0.1) is 10.2 Å². The van der Waals surface area contributed by atoms with Crippen LogP contribution < -0.4 is 4.74 Å². The van der Waals surface area contributed by atoms with E-state index in [1.54, 1.807) is 11.8 Å². The molecule has 23 heavy (non-hydrogen) atoms. The Morgan fingerprint density at radius 3 is 2.70 bits per heavy atom. The summed E-state index contributed by atoms with van der Waals surface area (Å²) < 4.78 is 7.83. The predicted molar refractivity (Wildman–Crippen MR) is 91.1 cm³/mol. The number of nitrogens with zero attached hydrogens (tertiary/aromatic N) is 3. The standard InChI is InChI=1S/C17H23N3O2S/c1-3-13-4-8-16(9-5-13)22-10-15(21)11-23-17-19-18-12(2)20(17)14-6-7-14/h4-5,8-9,14-15,21H,3,6-7,10-11H2,1-2H3/t15-/m0/s1. The first-order valence-electron chi connectivity index (χ1n) is 8.11. The molecule has 124 valence electrons. The van der Waals surface area contributed by atoms with Gasteiger partial charge in [-0.05, 0) is 43.9 Å². The van der Waals surface area contributed by atoms with E-state index >= 15 is 0 Å². The Balaban J connectivity index is 1.47. The fourth-order valence-electron chi connectivity index (χ4n) is 2.43. The second kappa shape index (κ2) is 7.36. The van der Waals surface area contributed by atoms with Crippen molar-refractivity contribution in [2.45, 2.75) is 50.4 Å². The summed E-state index contributed by atoms with van der Waals surface area (Å²) in [7, 11) is 0. The van der Waals surface area contributed by atoms with Gasteiger partial charge in [-0.1, -0.05) is 30.8 Å². The first-order valence-corrected chi connectivity index (χ1v) is 9.10. The summed E-state index contributed by atoms with van der Waals surface area (Å²) in [6.07, 6.45) is 2.88. The number of rotatable bonds is 8. The van der Waals surface area contributed by atoms with Crippen LogP contribution >= 0.6 is 11.8 Å². The molecule has 0 amide bonds. The van der Waals surface area contributed by atoms with Gasteiger partial charge in [-0.25, -0.2) is 0 Å². The number of hydrogen-bond acceptors (Lipinski definition) is 5. The van der Waals surface area contributed by atoms with Crippen molar-refractivity contribution in [2.24, 2.45) is 0 Å². The van der Waals surface area contributed by atoms with Crippen LogP contribution in [-0.2, 0) is 6.42 Å². The molecule has 1 heterocycles. The lowest BCUT2D eigenvalue weighted by Crippen LogP contribution is -2.20. The van der Waals surface area contributed by atoms with Gasteiger partial charge in [0.15, 0.2) is 5.16 Å². The molecule has 1 fully saturated rings. The molecule has 1 saturated carbocycles. The van der Waals surface area contributed by atoms with Crippen molar-refractivity contribution in [3.8, 4) is 5.75 Å². The molecule has 5 nitrogen and oxygen atoms in total. The Morgan fingerprint density at radius 1 is 1.30 bits per heavy atom. The van der Waals surface area contributed by atoms with E-state index in [1.807, 2.05) is 19.1 Å². The lowest BCUT2D eigenvalue weighted by atomic mass is 10.2. The fourth-order valence-corrected chi connectivity index (χ4v) is 3.39. The molecule has 0 radical (unpaired) electrons. The molecule has 2 aromatic rings. The van der Waals surface area contributed by atoms with E-state index < -0.39 is 6.10 Å². The molecule has 0 bridgehead atoms. The Morgan fingerprint density at radius 2 is 2.04 bits per heavy atom. The highest BCUT2D eigenvalue weighted by molar-refractivity contribution is 7.99. The van der Waals surface area contributed by atoms with Crippen LogP contribution in [-0.4, -0.2) is 38.3 Å². The lowest BCUT2D eigenvalue weighted by molar-refractivity contribution is 0.126. The summed E-state index contributed by atoms with van der Waals surface area (Å²) in [6.45, 7) is 4.39. The van der Waals surface area contributed by atoms with E-state index in [0.717, 1.165) is 23.2 Å². The number of aromatic nitrogens is 3. The number of hydrogen-bond donors (Lipinski definition) is 1. The van der Waals surface area contributed by atoms with Crippen molar-refractivity contribution in [1.29, 1.82) is 0 Å². The third kappa shape index (κ3) is 4.26. The summed E-state index contributed by atoms with van der Waals surface area (Å²) >= 11 is 1.54. The van der Waals surface area contributed by atoms with Crippen LogP contribution in [0.4, 0.5) is 0 Å². The number of benzene rings is 1. The molecule has 3 rings (SSSR count). The van der Waals surface area contributed by atoms with Gasteiger partial charge < -0.3 is 14.4 Å². The minimum absolute atomic E-state index is 0.287. The maximum absolute atomic E-state index is 10.1. The summed E-state index contributed by atoms with van der Waals surface area (Å²) in [5, 5.41) is 19.4.